The number of likely N-dealkylation sites (N-methyl/N-ethyl adjacent to an activating group) is 1. The number of imidazole rings is 1. The number of halogens is 1. The summed E-state index contributed by atoms with van der Waals surface area (Å²) in [6.45, 7) is 3.48. The fourth-order valence-electron chi connectivity index (χ4n) is 3.24. The second kappa shape index (κ2) is 11.5. The summed E-state index contributed by atoms with van der Waals surface area (Å²) in [7, 11) is 0.787. The molecule has 0 spiro atoms. The molecule has 2 N–H and O–H groups in total. The van der Waals surface area contributed by atoms with Gasteiger partial charge < -0.3 is 24.6 Å². The van der Waals surface area contributed by atoms with E-state index in [9.17, 15) is 22.7 Å². The van der Waals surface area contributed by atoms with Gasteiger partial charge in [0.25, 0.3) is 10.0 Å². The average Bonchev–Trinajstić information content (AvgIpc) is 3.23. The highest BCUT2D eigenvalue weighted by Gasteiger charge is 2.31. The van der Waals surface area contributed by atoms with Crippen LogP contribution in [0, 0.1) is 11.7 Å². The molecule has 0 aliphatic heterocycles. The van der Waals surface area contributed by atoms with E-state index in [0.29, 0.717) is 5.69 Å². The van der Waals surface area contributed by atoms with E-state index in [4.69, 9.17) is 4.74 Å². The van der Waals surface area contributed by atoms with Crippen molar-refractivity contribution >= 4 is 21.7 Å². The van der Waals surface area contributed by atoms with E-state index in [2.05, 4.69) is 10.3 Å². The molecule has 0 bridgehead atoms. The van der Waals surface area contributed by atoms with Gasteiger partial charge in [-0.05, 0) is 31.2 Å². The third-order valence-corrected chi connectivity index (χ3v) is 7.08. The third kappa shape index (κ3) is 6.97. The number of anilines is 1. The molecule has 10 nitrogen and oxygen atoms in total. The van der Waals surface area contributed by atoms with Crippen LogP contribution in [0.1, 0.15) is 13.8 Å². The van der Waals surface area contributed by atoms with Crippen LogP contribution >= 0.6 is 0 Å². The number of carbonyl (C=O) groups is 1. The summed E-state index contributed by atoms with van der Waals surface area (Å²) >= 11 is 0. The second-order valence-electron chi connectivity index (χ2n) is 8.04. The van der Waals surface area contributed by atoms with E-state index in [1.807, 2.05) is 6.92 Å². The smallest absolute Gasteiger partial charge is 0.322 e. The van der Waals surface area contributed by atoms with Crippen LogP contribution in [0.5, 0.6) is 0 Å². The van der Waals surface area contributed by atoms with Crippen LogP contribution in [-0.4, -0.2) is 84.3 Å². The molecular formula is C21H32FN5O5S. The quantitative estimate of drug-likeness (QED) is 0.501. The van der Waals surface area contributed by atoms with Crippen molar-refractivity contribution in [3.63, 3.8) is 0 Å². The van der Waals surface area contributed by atoms with Gasteiger partial charge in [-0.1, -0.05) is 6.92 Å². The van der Waals surface area contributed by atoms with Gasteiger partial charge in [0.2, 0.25) is 0 Å². The molecule has 0 radical (unpaired) electrons. The average molecular weight is 486 g/mol. The summed E-state index contributed by atoms with van der Waals surface area (Å²) in [6.07, 6.45) is 2.28. The van der Waals surface area contributed by atoms with Crippen molar-refractivity contribution in [2.75, 3.05) is 39.2 Å². The SMILES string of the molecule is CO[C@@H](CN(C)S(=O)(=O)c1cn(C)cn1)[C@H](C)CN(C(=O)Nc1ccc(F)cc1)[C@H](C)CO. The number of amides is 2. The zero-order valence-corrected chi connectivity index (χ0v) is 20.3. The zero-order chi connectivity index (χ0) is 24.8. The zero-order valence-electron chi connectivity index (χ0n) is 19.5. The molecular weight excluding hydrogens is 453 g/mol. The number of methoxy groups -OCH3 is 1. The number of hydrogen-bond donors (Lipinski definition) is 2. The van der Waals surface area contributed by atoms with E-state index in [1.54, 1.807) is 18.5 Å². The maximum Gasteiger partial charge on any atom is 0.322 e. The van der Waals surface area contributed by atoms with Gasteiger partial charge in [0.15, 0.2) is 5.03 Å². The van der Waals surface area contributed by atoms with E-state index < -0.39 is 34.0 Å². The van der Waals surface area contributed by atoms with Crippen LogP contribution in [0.2, 0.25) is 0 Å². The monoisotopic (exact) mass is 485 g/mol. The Bertz CT molecular complexity index is 1010. The molecule has 2 amide bonds. The van der Waals surface area contributed by atoms with Crippen LogP contribution < -0.4 is 5.32 Å². The first-order valence-electron chi connectivity index (χ1n) is 10.4. The lowest BCUT2D eigenvalue weighted by atomic mass is 10.0. The predicted octanol–water partition coefficient (Wildman–Crippen LogP) is 1.75. The van der Waals surface area contributed by atoms with Gasteiger partial charge in [0.05, 0.1) is 25.1 Å². The molecule has 0 unspecified atom stereocenters. The highest BCUT2D eigenvalue weighted by atomic mass is 32.2. The van der Waals surface area contributed by atoms with Gasteiger partial charge >= 0.3 is 6.03 Å². The van der Waals surface area contributed by atoms with Crippen LogP contribution in [-0.2, 0) is 21.8 Å². The maximum atomic E-state index is 13.1. The molecule has 12 heteroatoms. The first-order valence-corrected chi connectivity index (χ1v) is 11.8. The summed E-state index contributed by atoms with van der Waals surface area (Å²) in [5.74, 6) is -0.709. The number of urea groups is 1. The Labute approximate surface area is 194 Å². The number of hydrogen-bond acceptors (Lipinski definition) is 6. The number of aliphatic hydroxyl groups is 1. The molecule has 33 heavy (non-hydrogen) atoms. The summed E-state index contributed by atoms with van der Waals surface area (Å²) in [5, 5.41) is 12.3. The number of nitrogens with zero attached hydrogens (tertiary/aromatic N) is 4. The molecule has 1 heterocycles. The molecule has 1 aromatic heterocycles. The number of ether oxygens (including phenoxy) is 1. The third-order valence-electron chi connectivity index (χ3n) is 5.37. The molecule has 2 rings (SSSR count). The van der Waals surface area contributed by atoms with Crippen molar-refractivity contribution < 1.29 is 27.4 Å². The molecule has 3 atom stereocenters. The predicted molar refractivity (Wildman–Crippen MR) is 122 cm³/mol. The van der Waals surface area contributed by atoms with Crippen molar-refractivity contribution in [3.8, 4) is 0 Å². The van der Waals surface area contributed by atoms with Gasteiger partial charge in [-0.25, -0.2) is 22.6 Å². The molecule has 0 saturated carbocycles. The van der Waals surface area contributed by atoms with E-state index in [0.717, 1.165) is 0 Å². The maximum absolute atomic E-state index is 13.1. The van der Waals surface area contributed by atoms with Gasteiger partial charge in [0, 0.05) is 52.1 Å². The number of aliphatic hydroxyl groups excluding tert-OH is 1. The fraction of sp³-hybridized carbons (Fsp3) is 0.524. The van der Waals surface area contributed by atoms with Crippen molar-refractivity contribution in [2.45, 2.75) is 31.0 Å². The number of benzene rings is 1. The highest BCUT2D eigenvalue weighted by molar-refractivity contribution is 7.89. The van der Waals surface area contributed by atoms with E-state index in [1.165, 1.54) is 60.2 Å². The lowest BCUT2D eigenvalue weighted by Gasteiger charge is -2.34. The van der Waals surface area contributed by atoms with Gasteiger partial charge in [0.1, 0.15) is 5.82 Å². The van der Waals surface area contributed by atoms with Gasteiger partial charge in [-0.3, -0.25) is 0 Å². The van der Waals surface area contributed by atoms with Gasteiger partial charge in [-0.15, -0.1) is 0 Å². The first-order chi connectivity index (χ1) is 15.5. The number of nitrogens with one attached hydrogen (secondary N) is 1. The Morgan fingerprint density at radius 1 is 1.27 bits per heavy atom. The standard InChI is InChI=1S/C21H32FN5O5S/c1-15(19(32-5)11-26(4)33(30,31)20-12-25(3)14-23-20)10-27(16(2)13-28)21(29)24-18-8-6-17(22)7-9-18/h6-9,12,14-16,19,28H,10-11,13H2,1-5H3,(H,24,29)/t15-,16-,19+/m1/s1. The lowest BCUT2D eigenvalue weighted by molar-refractivity contribution is 0.0305. The summed E-state index contributed by atoms with van der Waals surface area (Å²) in [4.78, 5) is 18.2. The van der Waals surface area contributed by atoms with Crippen molar-refractivity contribution in [1.29, 1.82) is 0 Å². The fourth-order valence-corrected chi connectivity index (χ4v) is 4.38. The van der Waals surface area contributed by atoms with Crippen molar-refractivity contribution in [2.24, 2.45) is 13.0 Å². The molecule has 0 aliphatic rings. The lowest BCUT2D eigenvalue weighted by Crippen LogP contribution is -2.48. The Morgan fingerprint density at radius 3 is 2.42 bits per heavy atom. The topological polar surface area (TPSA) is 117 Å². The molecule has 2 aromatic rings. The van der Waals surface area contributed by atoms with Crippen LogP contribution in [0.4, 0.5) is 14.9 Å². The molecule has 0 fully saturated rings. The van der Waals surface area contributed by atoms with Crippen molar-refractivity contribution in [1.82, 2.24) is 18.8 Å². The van der Waals surface area contributed by atoms with Crippen LogP contribution in [0.25, 0.3) is 0 Å². The highest BCUT2D eigenvalue weighted by Crippen LogP contribution is 2.18. The van der Waals surface area contributed by atoms with Crippen LogP contribution in [0.3, 0.4) is 0 Å². The Balaban J connectivity index is 2.11. The number of rotatable bonds is 11. The number of aromatic nitrogens is 2. The minimum absolute atomic E-state index is 0.0392. The largest absolute Gasteiger partial charge is 0.394 e. The second-order valence-corrected chi connectivity index (χ2v) is 10.0. The molecule has 1 aromatic carbocycles. The number of aryl methyl sites for hydroxylation is 1. The summed E-state index contributed by atoms with van der Waals surface area (Å²) in [6, 6.07) is 4.36. The Hall–Kier alpha value is -2.54. The number of sulfonamides is 1. The normalized spacial score (nSPS) is 14.7. The van der Waals surface area contributed by atoms with Gasteiger partial charge in [-0.2, -0.15) is 4.31 Å². The van der Waals surface area contributed by atoms with Crippen LogP contribution in [0.15, 0.2) is 41.8 Å². The van der Waals surface area contributed by atoms with E-state index >= 15 is 0 Å². The Morgan fingerprint density at radius 2 is 1.91 bits per heavy atom. The summed E-state index contributed by atoms with van der Waals surface area (Å²) < 4.78 is 47.0. The van der Waals surface area contributed by atoms with E-state index in [-0.39, 0.29) is 30.6 Å². The molecule has 0 aliphatic carbocycles. The summed E-state index contributed by atoms with van der Waals surface area (Å²) in [5.41, 5.74) is 0.411. The minimum atomic E-state index is -3.81. The molecule has 184 valence electrons. The first kappa shape index (κ1) is 26.7. The minimum Gasteiger partial charge on any atom is -0.394 e. The van der Waals surface area contributed by atoms with Crippen molar-refractivity contribution in [3.05, 3.63) is 42.6 Å². The number of carbonyl (C=O) groups excluding carboxylic acids is 1. The molecule has 0 saturated heterocycles. The Kier molecular flexibility index (Phi) is 9.35.